The highest BCUT2D eigenvalue weighted by Crippen LogP contribution is 2.41. The molecule has 0 atom stereocenters. The van der Waals surface area contributed by atoms with Gasteiger partial charge < -0.3 is 29.2 Å². The van der Waals surface area contributed by atoms with E-state index in [2.05, 4.69) is 34.6 Å². The summed E-state index contributed by atoms with van der Waals surface area (Å²) in [6.07, 6.45) is 0. The molecule has 0 spiro atoms. The molecule has 0 aliphatic heterocycles. The molecule has 0 bridgehead atoms. The van der Waals surface area contributed by atoms with Crippen molar-refractivity contribution in [3.8, 4) is 34.1 Å². The van der Waals surface area contributed by atoms with Crippen molar-refractivity contribution in [2.45, 2.75) is 0 Å². The molecule has 0 saturated carbocycles. The van der Waals surface area contributed by atoms with E-state index in [0.717, 1.165) is 39.3 Å². The molecule has 0 fully saturated rings. The summed E-state index contributed by atoms with van der Waals surface area (Å²) in [5.74, 6) is 3.42. The first-order valence-corrected chi connectivity index (χ1v) is 9.50. The molecule has 30 heavy (non-hydrogen) atoms. The average Bonchev–Trinajstić information content (AvgIpc) is 3.20. The quantitative estimate of drug-likeness (QED) is 0.419. The lowest BCUT2D eigenvalue weighted by Gasteiger charge is -2.14. The molecule has 2 N–H and O–H groups in total. The molecule has 1 aromatic heterocycles. The fourth-order valence-electron chi connectivity index (χ4n) is 3.56. The van der Waals surface area contributed by atoms with Crippen LogP contribution in [0.5, 0.6) is 23.0 Å². The van der Waals surface area contributed by atoms with Crippen LogP contribution >= 0.6 is 0 Å². The van der Waals surface area contributed by atoms with E-state index in [9.17, 15) is 0 Å². The number of H-pyrrole nitrogens is 1. The van der Waals surface area contributed by atoms with Crippen LogP contribution in [0.2, 0.25) is 0 Å². The second kappa shape index (κ2) is 8.29. The van der Waals surface area contributed by atoms with E-state index >= 15 is 0 Å². The fourth-order valence-corrected chi connectivity index (χ4v) is 3.56. The summed E-state index contributed by atoms with van der Waals surface area (Å²) in [7, 11) is 6.47. The number of hydrogen-bond acceptors (Lipinski definition) is 5. The molecule has 1 heterocycles. The minimum atomic E-state index is 0.558. The molecule has 6 heteroatoms. The lowest BCUT2D eigenvalue weighted by molar-refractivity contribution is 0.324. The number of fused-ring (bicyclic) bond motifs is 1. The van der Waals surface area contributed by atoms with Gasteiger partial charge in [-0.3, -0.25) is 0 Å². The molecule has 4 aromatic rings. The van der Waals surface area contributed by atoms with Gasteiger partial charge in [-0.25, -0.2) is 0 Å². The Hall–Kier alpha value is -3.80. The van der Waals surface area contributed by atoms with Crippen LogP contribution in [0.4, 0.5) is 11.5 Å². The maximum absolute atomic E-state index is 5.45. The van der Waals surface area contributed by atoms with Crippen LogP contribution in [0.15, 0.2) is 60.7 Å². The van der Waals surface area contributed by atoms with Gasteiger partial charge in [-0.15, -0.1) is 0 Å². The van der Waals surface area contributed by atoms with Crippen LogP contribution in [-0.2, 0) is 0 Å². The molecule has 4 rings (SSSR count). The van der Waals surface area contributed by atoms with Crippen molar-refractivity contribution in [2.75, 3.05) is 33.8 Å². The summed E-state index contributed by atoms with van der Waals surface area (Å²) in [6, 6.07) is 20.1. The number of anilines is 2. The molecule has 0 aliphatic carbocycles. The van der Waals surface area contributed by atoms with Gasteiger partial charge in [-0.1, -0.05) is 30.3 Å². The molecule has 3 aromatic carbocycles. The fraction of sp³-hybridized carbons (Fsp3) is 0.167. The number of hydrogen-bond donors (Lipinski definition) is 2. The number of nitrogens with one attached hydrogen (secondary N) is 2. The van der Waals surface area contributed by atoms with Crippen molar-refractivity contribution in [1.29, 1.82) is 0 Å². The highest BCUT2D eigenvalue weighted by molar-refractivity contribution is 5.97. The van der Waals surface area contributed by atoms with Gasteiger partial charge in [0.15, 0.2) is 11.5 Å². The molecular weight excluding hydrogens is 380 g/mol. The molecule has 0 saturated heterocycles. The van der Waals surface area contributed by atoms with Crippen molar-refractivity contribution in [1.82, 2.24) is 4.98 Å². The first-order chi connectivity index (χ1) is 14.7. The first kappa shape index (κ1) is 19.5. The van der Waals surface area contributed by atoms with Gasteiger partial charge in [0.1, 0.15) is 11.6 Å². The van der Waals surface area contributed by atoms with E-state index < -0.39 is 0 Å². The summed E-state index contributed by atoms with van der Waals surface area (Å²) in [5, 5.41) is 4.50. The Kier molecular flexibility index (Phi) is 5.39. The van der Waals surface area contributed by atoms with Crippen LogP contribution < -0.4 is 24.3 Å². The lowest BCUT2D eigenvalue weighted by atomic mass is 10.0. The van der Waals surface area contributed by atoms with Gasteiger partial charge in [0, 0.05) is 28.8 Å². The standard InChI is InChI=1S/C24H24N2O4/c1-27-18-9-5-7-15(11-18)19-10-6-8-16-12-22(26-23(16)19)25-17-13-20(28-2)24(30-4)21(14-17)29-3/h5-14,25-26H,1-4H3. The van der Waals surface area contributed by atoms with Crippen molar-refractivity contribution in [3.05, 3.63) is 60.7 Å². The topological polar surface area (TPSA) is 64.7 Å². The maximum Gasteiger partial charge on any atom is 0.203 e. The van der Waals surface area contributed by atoms with Crippen molar-refractivity contribution >= 4 is 22.4 Å². The molecule has 0 unspecified atom stereocenters. The Morgan fingerprint density at radius 1 is 0.733 bits per heavy atom. The number of rotatable bonds is 7. The third-order valence-electron chi connectivity index (χ3n) is 4.98. The minimum Gasteiger partial charge on any atom is -0.497 e. The highest BCUT2D eigenvalue weighted by atomic mass is 16.5. The number of para-hydroxylation sites is 1. The number of aromatic nitrogens is 1. The van der Waals surface area contributed by atoms with Crippen molar-refractivity contribution < 1.29 is 18.9 Å². The first-order valence-electron chi connectivity index (χ1n) is 9.50. The average molecular weight is 404 g/mol. The number of ether oxygens (including phenoxy) is 4. The summed E-state index contributed by atoms with van der Waals surface area (Å²) in [4.78, 5) is 3.49. The zero-order chi connectivity index (χ0) is 21.1. The number of methoxy groups -OCH3 is 4. The minimum absolute atomic E-state index is 0.558. The Labute approximate surface area is 175 Å². The Morgan fingerprint density at radius 3 is 2.13 bits per heavy atom. The van der Waals surface area contributed by atoms with Gasteiger partial charge in [0.05, 0.1) is 34.0 Å². The molecule has 0 amide bonds. The molecule has 0 aliphatic rings. The van der Waals surface area contributed by atoms with Gasteiger partial charge in [0.25, 0.3) is 0 Å². The zero-order valence-electron chi connectivity index (χ0n) is 17.4. The van der Waals surface area contributed by atoms with E-state index in [1.807, 2.05) is 36.4 Å². The second-order valence-electron chi connectivity index (χ2n) is 6.72. The molecule has 154 valence electrons. The van der Waals surface area contributed by atoms with Crippen LogP contribution in [0.1, 0.15) is 0 Å². The highest BCUT2D eigenvalue weighted by Gasteiger charge is 2.14. The normalized spacial score (nSPS) is 10.7. The van der Waals surface area contributed by atoms with Crippen LogP contribution in [0.3, 0.4) is 0 Å². The summed E-state index contributed by atoms with van der Waals surface area (Å²) in [5.41, 5.74) is 4.05. The predicted octanol–water partition coefficient (Wildman–Crippen LogP) is 5.61. The van der Waals surface area contributed by atoms with E-state index in [1.54, 1.807) is 28.4 Å². The van der Waals surface area contributed by atoms with Crippen LogP contribution in [-0.4, -0.2) is 33.4 Å². The summed E-state index contributed by atoms with van der Waals surface area (Å²) in [6.45, 7) is 0. The van der Waals surface area contributed by atoms with E-state index in [-0.39, 0.29) is 0 Å². The largest absolute Gasteiger partial charge is 0.497 e. The Morgan fingerprint density at radius 2 is 1.47 bits per heavy atom. The lowest BCUT2D eigenvalue weighted by Crippen LogP contribution is -1.98. The molecule has 6 nitrogen and oxygen atoms in total. The van der Waals surface area contributed by atoms with Crippen LogP contribution in [0, 0.1) is 0 Å². The smallest absolute Gasteiger partial charge is 0.203 e. The van der Waals surface area contributed by atoms with Gasteiger partial charge >= 0.3 is 0 Å². The van der Waals surface area contributed by atoms with Gasteiger partial charge in [0.2, 0.25) is 5.75 Å². The zero-order valence-corrected chi connectivity index (χ0v) is 17.4. The number of aromatic amines is 1. The Bertz CT molecular complexity index is 1160. The van der Waals surface area contributed by atoms with E-state index in [1.165, 1.54) is 0 Å². The monoisotopic (exact) mass is 404 g/mol. The van der Waals surface area contributed by atoms with Crippen molar-refractivity contribution in [3.63, 3.8) is 0 Å². The second-order valence-corrected chi connectivity index (χ2v) is 6.72. The van der Waals surface area contributed by atoms with Gasteiger partial charge in [-0.2, -0.15) is 0 Å². The van der Waals surface area contributed by atoms with Crippen molar-refractivity contribution in [2.24, 2.45) is 0 Å². The molecular formula is C24H24N2O4. The third kappa shape index (κ3) is 3.59. The number of benzene rings is 3. The summed E-state index contributed by atoms with van der Waals surface area (Å²) >= 11 is 0. The Balaban J connectivity index is 1.73. The predicted molar refractivity (Wildman–Crippen MR) is 120 cm³/mol. The third-order valence-corrected chi connectivity index (χ3v) is 4.98. The van der Waals surface area contributed by atoms with E-state index in [4.69, 9.17) is 18.9 Å². The molecule has 0 radical (unpaired) electrons. The van der Waals surface area contributed by atoms with Crippen LogP contribution in [0.25, 0.3) is 22.0 Å². The van der Waals surface area contributed by atoms with E-state index in [0.29, 0.717) is 17.2 Å². The summed E-state index contributed by atoms with van der Waals surface area (Å²) < 4.78 is 21.7. The van der Waals surface area contributed by atoms with Gasteiger partial charge in [-0.05, 0) is 23.8 Å². The SMILES string of the molecule is COc1cccc(-c2cccc3cc(Nc4cc(OC)c(OC)c(OC)c4)[nH]c23)c1. The maximum atomic E-state index is 5.45.